The first-order valence-electron chi connectivity index (χ1n) is 14.4. The molecule has 3 heterocycles. The van der Waals surface area contributed by atoms with Crippen LogP contribution in [0.5, 0.6) is 0 Å². The Morgan fingerprint density at radius 1 is 0.917 bits per heavy atom. The molecule has 0 bridgehead atoms. The number of carbonyl (C=O) groups is 3. The Morgan fingerprint density at radius 2 is 1.56 bits per heavy atom. The van der Waals surface area contributed by atoms with Crippen LogP contribution in [0.2, 0.25) is 0 Å². The zero-order valence-electron chi connectivity index (χ0n) is 23.7. The summed E-state index contributed by atoms with van der Waals surface area (Å²) in [5.74, 6) is 1.30. The molecule has 0 radical (unpaired) electrons. The number of rotatable bonds is 9. The summed E-state index contributed by atoms with van der Waals surface area (Å²) in [6.07, 6.45) is 7.28. The minimum atomic E-state index is -0.507. The molecule has 0 aromatic carbocycles. The van der Waals surface area contributed by atoms with Gasteiger partial charge in [-0.1, -0.05) is 27.7 Å². The van der Waals surface area contributed by atoms with Crippen LogP contribution in [0.1, 0.15) is 72.6 Å². The van der Waals surface area contributed by atoms with Crippen molar-refractivity contribution in [1.29, 1.82) is 0 Å². The van der Waals surface area contributed by atoms with E-state index in [1.807, 2.05) is 9.80 Å². The van der Waals surface area contributed by atoms with Gasteiger partial charge in [-0.2, -0.15) is 0 Å². The second kappa shape index (κ2) is 13.1. The maximum Gasteiger partial charge on any atom is 0.320 e. The lowest BCUT2D eigenvalue weighted by molar-refractivity contribution is -0.153. The average Bonchev–Trinajstić information content (AvgIpc) is 3.35. The van der Waals surface area contributed by atoms with Gasteiger partial charge in [0.05, 0.1) is 0 Å². The third-order valence-electron chi connectivity index (χ3n) is 8.18. The highest BCUT2D eigenvalue weighted by molar-refractivity contribution is 5.93. The van der Waals surface area contributed by atoms with Gasteiger partial charge in [-0.3, -0.25) is 9.59 Å². The standard InChI is InChI=1S/C28H51N5O3/c1-21(2)19-24(26(34)31-15-10-23(11-16-31)9-14-30-12-7-8-13-30)32-17-18-33(28(36)29(5)6)25(27(32)35)20-22(3)4/h21-25H,7-20H2,1-6H3/t24-,25-/m0/s1. The Kier molecular flexibility index (Phi) is 10.5. The highest BCUT2D eigenvalue weighted by atomic mass is 16.2. The van der Waals surface area contributed by atoms with Crippen molar-refractivity contribution in [2.45, 2.75) is 84.7 Å². The van der Waals surface area contributed by atoms with Crippen LogP contribution >= 0.6 is 0 Å². The molecular weight excluding hydrogens is 454 g/mol. The molecule has 36 heavy (non-hydrogen) atoms. The molecule has 2 atom stereocenters. The SMILES string of the molecule is CC(C)C[C@@H](C(=O)N1CCC(CCN2CCCC2)CC1)N1CCN(C(=O)N(C)C)[C@@H](CC(C)C)C1=O. The van der Waals surface area contributed by atoms with Crippen LogP contribution in [0.25, 0.3) is 0 Å². The number of hydrogen-bond donors (Lipinski definition) is 0. The molecule has 0 unspecified atom stereocenters. The molecule has 4 amide bonds. The summed E-state index contributed by atoms with van der Waals surface area (Å²) in [6, 6.07) is -1.08. The summed E-state index contributed by atoms with van der Waals surface area (Å²) in [5.41, 5.74) is 0. The van der Waals surface area contributed by atoms with E-state index >= 15 is 0 Å². The first-order chi connectivity index (χ1) is 17.1. The van der Waals surface area contributed by atoms with Crippen LogP contribution in [0.15, 0.2) is 0 Å². The summed E-state index contributed by atoms with van der Waals surface area (Å²) in [5, 5.41) is 0. The van der Waals surface area contributed by atoms with Crippen molar-refractivity contribution < 1.29 is 14.4 Å². The van der Waals surface area contributed by atoms with Crippen molar-refractivity contribution in [2.75, 3.05) is 59.9 Å². The van der Waals surface area contributed by atoms with Gasteiger partial charge in [0.25, 0.3) is 0 Å². The minimum Gasteiger partial charge on any atom is -0.341 e. The molecule has 8 nitrogen and oxygen atoms in total. The molecule has 0 aliphatic carbocycles. The van der Waals surface area contributed by atoms with Crippen molar-refractivity contribution in [3.05, 3.63) is 0 Å². The number of urea groups is 1. The van der Waals surface area contributed by atoms with E-state index < -0.39 is 12.1 Å². The number of hydrogen-bond acceptors (Lipinski definition) is 4. The van der Waals surface area contributed by atoms with Crippen molar-refractivity contribution in [3.63, 3.8) is 0 Å². The fourth-order valence-electron chi connectivity index (χ4n) is 6.11. The molecule has 3 rings (SSSR count). The van der Waals surface area contributed by atoms with Gasteiger partial charge in [0.1, 0.15) is 12.1 Å². The minimum absolute atomic E-state index is 0.0651. The lowest BCUT2D eigenvalue weighted by Crippen LogP contribution is -2.65. The van der Waals surface area contributed by atoms with Gasteiger partial charge in [-0.05, 0) is 82.3 Å². The van der Waals surface area contributed by atoms with E-state index in [2.05, 4.69) is 32.6 Å². The third kappa shape index (κ3) is 7.36. The van der Waals surface area contributed by atoms with E-state index in [9.17, 15) is 14.4 Å². The van der Waals surface area contributed by atoms with E-state index in [-0.39, 0.29) is 23.8 Å². The molecular formula is C28H51N5O3. The summed E-state index contributed by atoms with van der Waals surface area (Å²) in [7, 11) is 3.46. The van der Waals surface area contributed by atoms with Crippen LogP contribution in [-0.2, 0) is 9.59 Å². The second-order valence-electron chi connectivity index (χ2n) is 12.3. The summed E-state index contributed by atoms with van der Waals surface area (Å²) in [6.45, 7) is 14.5. The van der Waals surface area contributed by atoms with Crippen LogP contribution < -0.4 is 0 Å². The molecule has 3 saturated heterocycles. The van der Waals surface area contributed by atoms with Gasteiger partial charge in [0, 0.05) is 40.3 Å². The smallest absolute Gasteiger partial charge is 0.320 e. The van der Waals surface area contributed by atoms with E-state index in [0.717, 1.165) is 25.9 Å². The second-order valence-corrected chi connectivity index (χ2v) is 12.3. The van der Waals surface area contributed by atoms with Crippen LogP contribution in [-0.4, -0.2) is 114 Å². The Hall–Kier alpha value is -1.83. The highest BCUT2D eigenvalue weighted by Gasteiger charge is 2.43. The zero-order chi connectivity index (χ0) is 26.4. The Balaban J connectivity index is 1.66. The number of likely N-dealkylation sites (tertiary alicyclic amines) is 2. The lowest BCUT2D eigenvalue weighted by Gasteiger charge is -2.46. The first kappa shape index (κ1) is 28.7. The molecule has 0 N–H and O–H groups in total. The molecule has 0 aromatic rings. The third-order valence-corrected chi connectivity index (χ3v) is 8.18. The number of amides is 4. The Labute approximate surface area is 219 Å². The van der Waals surface area contributed by atoms with Gasteiger partial charge in [-0.15, -0.1) is 0 Å². The van der Waals surface area contributed by atoms with E-state index in [1.165, 1.54) is 38.9 Å². The molecule has 8 heteroatoms. The normalized spacial score (nSPS) is 23.2. The first-order valence-corrected chi connectivity index (χ1v) is 14.4. The molecule has 0 saturated carbocycles. The Morgan fingerprint density at radius 3 is 2.11 bits per heavy atom. The van der Waals surface area contributed by atoms with Gasteiger partial charge < -0.3 is 24.5 Å². The number of piperidine rings is 1. The molecule has 3 aliphatic rings. The number of piperazine rings is 1. The van der Waals surface area contributed by atoms with Crippen LogP contribution in [0.3, 0.4) is 0 Å². The van der Waals surface area contributed by atoms with Crippen molar-refractivity contribution >= 4 is 17.8 Å². The van der Waals surface area contributed by atoms with Gasteiger partial charge in [-0.25, -0.2) is 4.79 Å². The zero-order valence-corrected chi connectivity index (χ0v) is 23.7. The maximum absolute atomic E-state index is 13.8. The predicted molar refractivity (Wildman–Crippen MR) is 144 cm³/mol. The van der Waals surface area contributed by atoms with Gasteiger partial charge >= 0.3 is 6.03 Å². The quantitative estimate of drug-likeness (QED) is 0.482. The lowest BCUT2D eigenvalue weighted by atomic mass is 9.91. The van der Waals surface area contributed by atoms with E-state index in [4.69, 9.17) is 0 Å². The van der Waals surface area contributed by atoms with Gasteiger partial charge in [0.15, 0.2) is 0 Å². The average molecular weight is 506 g/mol. The Bertz CT molecular complexity index is 741. The molecule has 0 aromatic heterocycles. The largest absolute Gasteiger partial charge is 0.341 e. The fraction of sp³-hybridized carbons (Fsp3) is 0.893. The summed E-state index contributed by atoms with van der Waals surface area (Å²) < 4.78 is 0. The van der Waals surface area contributed by atoms with Crippen molar-refractivity contribution in [2.24, 2.45) is 17.8 Å². The van der Waals surface area contributed by atoms with Gasteiger partial charge in [0.2, 0.25) is 11.8 Å². The van der Waals surface area contributed by atoms with Crippen LogP contribution in [0.4, 0.5) is 4.79 Å². The molecule has 0 spiro atoms. The van der Waals surface area contributed by atoms with E-state index in [1.54, 1.807) is 23.9 Å². The highest BCUT2D eigenvalue weighted by Crippen LogP contribution is 2.27. The van der Waals surface area contributed by atoms with Crippen LogP contribution in [0, 0.1) is 17.8 Å². The predicted octanol–water partition coefficient (Wildman–Crippen LogP) is 3.37. The number of nitrogens with zero attached hydrogens (tertiary/aromatic N) is 5. The van der Waals surface area contributed by atoms with E-state index in [0.29, 0.717) is 37.8 Å². The monoisotopic (exact) mass is 505 g/mol. The maximum atomic E-state index is 13.8. The summed E-state index contributed by atoms with van der Waals surface area (Å²) >= 11 is 0. The number of carbonyl (C=O) groups excluding carboxylic acids is 3. The molecule has 3 fully saturated rings. The summed E-state index contributed by atoms with van der Waals surface area (Å²) in [4.78, 5) is 50.2. The topological polar surface area (TPSA) is 67.4 Å². The van der Waals surface area contributed by atoms with Crippen molar-refractivity contribution in [3.8, 4) is 0 Å². The van der Waals surface area contributed by atoms with Crippen molar-refractivity contribution in [1.82, 2.24) is 24.5 Å². The fourth-order valence-corrected chi connectivity index (χ4v) is 6.11. The molecule has 3 aliphatic heterocycles. The molecule has 206 valence electrons.